The lowest BCUT2D eigenvalue weighted by atomic mass is 10.1. The minimum atomic E-state index is -1.28. The summed E-state index contributed by atoms with van der Waals surface area (Å²) in [4.78, 5) is 35.8. The van der Waals surface area contributed by atoms with Crippen molar-refractivity contribution in [2.24, 2.45) is 0 Å². The van der Waals surface area contributed by atoms with E-state index in [-0.39, 0.29) is 0 Å². The van der Waals surface area contributed by atoms with E-state index in [0.717, 1.165) is 0 Å². The summed E-state index contributed by atoms with van der Waals surface area (Å²) >= 11 is 0. The Morgan fingerprint density at radius 2 is 1.74 bits per heavy atom. The van der Waals surface area contributed by atoms with E-state index in [0.29, 0.717) is 16.7 Å². The number of imide groups is 1. The highest BCUT2D eigenvalue weighted by Gasteiger charge is 2.25. The average Bonchev–Trinajstić information content (AvgIpc) is 2.71. The minimum Gasteiger partial charge on any atom is -0.444 e. The fourth-order valence-corrected chi connectivity index (χ4v) is 2.13. The monoisotopic (exact) mass is 363 g/mol. The van der Waals surface area contributed by atoms with Crippen LogP contribution in [0.1, 0.15) is 22.8 Å². The Hall–Kier alpha value is -3.92. The molecule has 0 heterocycles. The Morgan fingerprint density at radius 1 is 1.07 bits per heavy atom. The second kappa shape index (κ2) is 9.53. The van der Waals surface area contributed by atoms with Crippen molar-refractivity contribution in [1.29, 1.82) is 5.26 Å². The molecular formula is C20H17N3O4. The van der Waals surface area contributed by atoms with Crippen molar-refractivity contribution in [1.82, 2.24) is 10.6 Å². The summed E-state index contributed by atoms with van der Waals surface area (Å²) in [5, 5.41) is 13.1. The van der Waals surface area contributed by atoms with E-state index in [4.69, 9.17) is 10.00 Å². The van der Waals surface area contributed by atoms with Gasteiger partial charge in [0.1, 0.15) is 0 Å². The van der Waals surface area contributed by atoms with Crippen LogP contribution in [0, 0.1) is 11.3 Å². The number of hydrogen-bond donors (Lipinski definition) is 2. The Labute approximate surface area is 156 Å². The third-order valence-corrected chi connectivity index (χ3v) is 3.49. The molecule has 0 aliphatic heterocycles. The number of nitrogens with zero attached hydrogens (tertiary/aromatic N) is 1. The number of carbonyl (C=O) groups excluding carboxylic acids is 3. The molecule has 2 N–H and O–H groups in total. The molecule has 0 saturated carbocycles. The Balaban J connectivity index is 2.12. The van der Waals surface area contributed by atoms with Gasteiger partial charge in [-0.25, -0.2) is 9.59 Å². The van der Waals surface area contributed by atoms with E-state index in [2.05, 4.69) is 10.6 Å². The van der Waals surface area contributed by atoms with Gasteiger partial charge in [0.2, 0.25) is 6.10 Å². The fourth-order valence-electron chi connectivity index (χ4n) is 2.13. The summed E-state index contributed by atoms with van der Waals surface area (Å²) in [6.45, 7) is 0. The lowest BCUT2D eigenvalue weighted by Gasteiger charge is -2.16. The van der Waals surface area contributed by atoms with Gasteiger partial charge in [0, 0.05) is 18.7 Å². The summed E-state index contributed by atoms with van der Waals surface area (Å²) in [6, 6.07) is 16.3. The second-order valence-electron chi connectivity index (χ2n) is 5.36. The molecule has 0 radical (unpaired) electrons. The number of carbonyl (C=O) groups is 3. The van der Waals surface area contributed by atoms with Crippen molar-refractivity contribution < 1.29 is 19.1 Å². The molecule has 2 aromatic rings. The van der Waals surface area contributed by atoms with E-state index in [1.807, 2.05) is 6.07 Å². The lowest BCUT2D eigenvalue weighted by molar-refractivity contribution is -0.151. The first kappa shape index (κ1) is 19.4. The summed E-state index contributed by atoms with van der Waals surface area (Å²) in [5.74, 6) is -1.51. The number of amides is 3. The first-order valence-corrected chi connectivity index (χ1v) is 8.00. The molecule has 0 aliphatic rings. The largest absolute Gasteiger partial charge is 0.444 e. The zero-order valence-corrected chi connectivity index (χ0v) is 14.5. The van der Waals surface area contributed by atoms with Crippen LogP contribution >= 0.6 is 0 Å². The maximum atomic E-state index is 12.3. The molecule has 1 atom stereocenters. The third-order valence-electron chi connectivity index (χ3n) is 3.49. The number of ether oxygens (including phenoxy) is 1. The van der Waals surface area contributed by atoms with Crippen LogP contribution in [-0.2, 0) is 14.3 Å². The van der Waals surface area contributed by atoms with Gasteiger partial charge in [0.15, 0.2) is 0 Å². The molecule has 0 spiro atoms. The molecule has 0 fully saturated rings. The molecule has 0 bridgehead atoms. The van der Waals surface area contributed by atoms with Crippen molar-refractivity contribution in [2.75, 3.05) is 7.05 Å². The molecule has 7 heteroatoms. The highest BCUT2D eigenvalue weighted by atomic mass is 16.5. The van der Waals surface area contributed by atoms with Crippen LogP contribution in [-0.4, -0.2) is 25.0 Å². The van der Waals surface area contributed by atoms with Crippen molar-refractivity contribution in [3.05, 3.63) is 77.4 Å². The fraction of sp³-hybridized carbons (Fsp3) is 0.100. The topological polar surface area (TPSA) is 108 Å². The lowest BCUT2D eigenvalue weighted by Crippen LogP contribution is -2.41. The van der Waals surface area contributed by atoms with Crippen molar-refractivity contribution in [3.8, 4) is 6.07 Å². The number of esters is 1. The molecule has 0 unspecified atom stereocenters. The van der Waals surface area contributed by atoms with Gasteiger partial charge in [-0.2, -0.15) is 5.26 Å². The maximum absolute atomic E-state index is 12.3. The smallest absolute Gasteiger partial charge is 0.331 e. The number of benzene rings is 2. The standard InChI is InChI=1S/C20H17N3O4/c1-22-20(26)23-19(25)18(16-5-3-2-4-6-16)27-17(24)12-11-14-7-9-15(13-21)10-8-14/h2-12,18H,1H3,(H2,22,23,25,26)/b12-11+/t18-/m0/s1. The van der Waals surface area contributed by atoms with Crippen LogP contribution in [0.2, 0.25) is 0 Å². The number of rotatable bonds is 5. The number of hydrogen-bond acceptors (Lipinski definition) is 5. The zero-order chi connectivity index (χ0) is 19.6. The molecule has 3 amide bonds. The highest BCUT2D eigenvalue weighted by molar-refractivity contribution is 5.98. The molecule has 27 heavy (non-hydrogen) atoms. The molecule has 0 saturated heterocycles. The van der Waals surface area contributed by atoms with Gasteiger partial charge in [-0.3, -0.25) is 10.1 Å². The maximum Gasteiger partial charge on any atom is 0.331 e. The van der Waals surface area contributed by atoms with E-state index in [9.17, 15) is 14.4 Å². The highest BCUT2D eigenvalue weighted by Crippen LogP contribution is 2.18. The third kappa shape index (κ3) is 5.83. The van der Waals surface area contributed by atoms with E-state index in [1.165, 1.54) is 19.2 Å². The second-order valence-corrected chi connectivity index (χ2v) is 5.36. The number of urea groups is 1. The van der Waals surface area contributed by atoms with Crippen LogP contribution in [0.15, 0.2) is 60.7 Å². The molecule has 2 aromatic carbocycles. The van der Waals surface area contributed by atoms with E-state index in [1.54, 1.807) is 54.6 Å². The predicted molar refractivity (Wildman–Crippen MR) is 98.1 cm³/mol. The van der Waals surface area contributed by atoms with Gasteiger partial charge in [0.05, 0.1) is 11.6 Å². The Bertz CT molecular complexity index is 884. The minimum absolute atomic E-state index is 0.430. The predicted octanol–water partition coefficient (Wildman–Crippen LogP) is 2.31. The van der Waals surface area contributed by atoms with Gasteiger partial charge >= 0.3 is 12.0 Å². The van der Waals surface area contributed by atoms with Crippen LogP contribution in [0.3, 0.4) is 0 Å². The first-order chi connectivity index (χ1) is 13.0. The first-order valence-electron chi connectivity index (χ1n) is 8.00. The van der Waals surface area contributed by atoms with Gasteiger partial charge in [-0.05, 0) is 23.8 Å². The zero-order valence-electron chi connectivity index (χ0n) is 14.5. The van der Waals surface area contributed by atoms with Crippen LogP contribution < -0.4 is 10.6 Å². The number of nitriles is 1. The normalized spacial score (nSPS) is 11.3. The van der Waals surface area contributed by atoms with Crippen LogP contribution in [0.5, 0.6) is 0 Å². The molecule has 136 valence electrons. The number of nitrogens with one attached hydrogen (secondary N) is 2. The molecule has 0 aliphatic carbocycles. The molecule has 0 aromatic heterocycles. The molecule has 2 rings (SSSR count). The van der Waals surface area contributed by atoms with Crippen molar-refractivity contribution >= 4 is 24.0 Å². The van der Waals surface area contributed by atoms with Gasteiger partial charge in [-0.15, -0.1) is 0 Å². The van der Waals surface area contributed by atoms with Gasteiger partial charge < -0.3 is 10.1 Å². The summed E-state index contributed by atoms with van der Waals surface area (Å²) in [7, 11) is 1.37. The van der Waals surface area contributed by atoms with Crippen molar-refractivity contribution in [3.63, 3.8) is 0 Å². The van der Waals surface area contributed by atoms with Crippen molar-refractivity contribution in [2.45, 2.75) is 6.10 Å². The summed E-state index contributed by atoms with van der Waals surface area (Å²) < 4.78 is 5.24. The SMILES string of the molecule is CNC(=O)NC(=O)[C@@H](OC(=O)/C=C/c1ccc(C#N)cc1)c1ccccc1. The average molecular weight is 363 g/mol. The quantitative estimate of drug-likeness (QED) is 0.626. The van der Waals surface area contributed by atoms with Crippen LogP contribution in [0.4, 0.5) is 4.79 Å². The Kier molecular flexibility index (Phi) is 6.85. The molecule has 7 nitrogen and oxygen atoms in total. The summed E-state index contributed by atoms with van der Waals surface area (Å²) in [5.41, 5.74) is 1.63. The van der Waals surface area contributed by atoms with Crippen LogP contribution in [0.25, 0.3) is 6.08 Å². The summed E-state index contributed by atoms with van der Waals surface area (Å²) in [6.07, 6.45) is 1.40. The van der Waals surface area contributed by atoms with Gasteiger partial charge in [-0.1, -0.05) is 42.5 Å². The Morgan fingerprint density at radius 3 is 2.33 bits per heavy atom. The molecular weight excluding hydrogens is 346 g/mol. The van der Waals surface area contributed by atoms with E-state index < -0.39 is 24.0 Å². The van der Waals surface area contributed by atoms with Gasteiger partial charge in [0.25, 0.3) is 5.91 Å². The van der Waals surface area contributed by atoms with E-state index >= 15 is 0 Å².